The molecular weight excluding hydrogens is 343 g/mol. The zero-order chi connectivity index (χ0) is 14.5. The smallest absolute Gasteiger partial charge is 0.234 e. The molecule has 0 bridgehead atoms. The summed E-state index contributed by atoms with van der Waals surface area (Å²) in [5.74, 6) is -0.382. The normalized spacial score (nSPS) is 10.3. The van der Waals surface area contributed by atoms with Gasteiger partial charge in [-0.15, -0.1) is 11.8 Å². The van der Waals surface area contributed by atoms with E-state index in [4.69, 9.17) is 5.73 Å². The Bertz CT molecular complexity index is 616. The van der Waals surface area contributed by atoms with Crippen LogP contribution in [0.15, 0.2) is 51.8 Å². The zero-order valence-electron chi connectivity index (χ0n) is 10.4. The Balaban J connectivity index is 1.94. The summed E-state index contributed by atoms with van der Waals surface area (Å²) < 4.78 is 14.0. The van der Waals surface area contributed by atoms with Crippen LogP contribution < -0.4 is 11.1 Å². The number of benzene rings is 2. The maximum Gasteiger partial charge on any atom is 0.234 e. The molecule has 3 nitrogen and oxygen atoms in total. The molecule has 0 aromatic heterocycles. The summed E-state index contributed by atoms with van der Waals surface area (Å²) in [6, 6.07) is 11.6. The lowest BCUT2D eigenvalue weighted by Gasteiger charge is -2.07. The third kappa shape index (κ3) is 4.25. The molecule has 0 radical (unpaired) electrons. The van der Waals surface area contributed by atoms with E-state index in [2.05, 4.69) is 21.2 Å². The van der Waals surface area contributed by atoms with Crippen molar-refractivity contribution >= 4 is 45.0 Å². The molecule has 0 spiro atoms. The molecule has 20 heavy (non-hydrogen) atoms. The number of amides is 1. The molecular formula is C14H12BrFN2OS. The summed E-state index contributed by atoms with van der Waals surface area (Å²) in [4.78, 5) is 12.5. The molecule has 0 saturated carbocycles. The fourth-order valence-electron chi connectivity index (χ4n) is 1.57. The molecule has 0 aliphatic heterocycles. The summed E-state index contributed by atoms with van der Waals surface area (Å²) in [7, 11) is 0. The van der Waals surface area contributed by atoms with Gasteiger partial charge in [0.1, 0.15) is 5.82 Å². The van der Waals surface area contributed by atoms with E-state index >= 15 is 0 Å². The second kappa shape index (κ2) is 6.76. The van der Waals surface area contributed by atoms with Gasteiger partial charge in [0.05, 0.1) is 11.4 Å². The molecule has 0 atom stereocenters. The Morgan fingerprint density at radius 3 is 2.75 bits per heavy atom. The van der Waals surface area contributed by atoms with Crippen LogP contribution in [-0.4, -0.2) is 11.7 Å². The number of nitrogens with two attached hydrogens (primary N) is 1. The summed E-state index contributed by atoms with van der Waals surface area (Å²) in [6.07, 6.45) is 0. The molecule has 2 rings (SSSR count). The summed E-state index contributed by atoms with van der Waals surface area (Å²) in [5, 5.41) is 2.78. The van der Waals surface area contributed by atoms with Crippen LogP contribution in [0.4, 0.5) is 15.8 Å². The minimum absolute atomic E-state index is 0.162. The molecule has 0 heterocycles. The first-order valence-electron chi connectivity index (χ1n) is 5.78. The molecule has 0 aliphatic rings. The van der Waals surface area contributed by atoms with E-state index in [-0.39, 0.29) is 11.7 Å². The van der Waals surface area contributed by atoms with E-state index in [0.717, 1.165) is 4.47 Å². The number of rotatable bonds is 4. The van der Waals surface area contributed by atoms with Gasteiger partial charge in [-0.1, -0.05) is 12.1 Å². The first-order chi connectivity index (χ1) is 9.54. The highest BCUT2D eigenvalue weighted by Crippen LogP contribution is 2.24. The molecule has 1 amide bonds. The monoisotopic (exact) mass is 354 g/mol. The first-order valence-corrected chi connectivity index (χ1v) is 7.56. The van der Waals surface area contributed by atoms with Gasteiger partial charge in [-0.05, 0) is 46.3 Å². The predicted molar refractivity (Wildman–Crippen MR) is 84.3 cm³/mol. The number of thioether (sulfide) groups is 1. The number of para-hydroxylation sites is 1. The number of halogens is 2. The van der Waals surface area contributed by atoms with Crippen LogP contribution in [0, 0.1) is 5.82 Å². The number of nitrogens with one attached hydrogen (secondary N) is 1. The van der Waals surface area contributed by atoms with Gasteiger partial charge in [0, 0.05) is 15.1 Å². The molecule has 104 valence electrons. The van der Waals surface area contributed by atoms with Gasteiger partial charge in [-0.3, -0.25) is 4.79 Å². The fourth-order valence-corrected chi connectivity index (χ4v) is 2.73. The van der Waals surface area contributed by atoms with Crippen LogP contribution in [-0.2, 0) is 4.79 Å². The van der Waals surface area contributed by atoms with E-state index in [1.54, 1.807) is 12.1 Å². The number of anilines is 2. The van der Waals surface area contributed by atoms with Crippen LogP contribution in [0.2, 0.25) is 0 Å². The molecule has 6 heteroatoms. The number of hydrogen-bond acceptors (Lipinski definition) is 3. The summed E-state index contributed by atoms with van der Waals surface area (Å²) >= 11 is 4.59. The lowest BCUT2D eigenvalue weighted by Crippen LogP contribution is -2.14. The van der Waals surface area contributed by atoms with E-state index in [0.29, 0.717) is 16.3 Å². The average Bonchev–Trinajstić information content (AvgIpc) is 2.38. The van der Waals surface area contributed by atoms with Gasteiger partial charge in [0.15, 0.2) is 0 Å². The summed E-state index contributed by atoms with van der Waals surface area (Å²) in [6.45, 7) is 0. The van der Waals surface area contributed by atoms with Crippen molar-refractivity contribution in [3.05, 3.63) is 52.8 Å². The van der Waals surface area contributed by atoms with Crippen LogP contribution in [0.3, 0.4) is 0 Å². The Kier molecular flexibility index (Phi) is 5.03. The van der Waals surface area contributed by atoms with Crippen LogP contribution >= 0.6 is 27.7 Å². The second-order valence-electron chi connectivity index (χ2n) is 4.04. The second-order valence-corrected chi connectivity index (χ2v) is 5.94. The largest absolute Gasteiger partial charge is 0.399 e. The molecule has 2 aromatic rings. The highest BCUT2D eigenvalue weighted by molar-refractivity contribution is 9.10. The van der Waals surface area contributed by atoms with Gasteiger partial charge in [-0.25, -0.2) is 4.39 Å². The Morgan fingerprint density at radius 1 is 1.30 bits per heavy atom. The molecule has 3 N–H and O–H groups in total. The van der Waals surface area contributed by atoms with Gasteiger partial charge >= 0.3 is 0 Å². The van der Waals surface area contributed by atoms with Gasteiger partial charge in [-0.2, -0.15) is 0 Å². The van der Waals surface area contributed by atoms with Crippen molar-refractivity contribution in [2.75, 3.05) is 16.8 Å². The number of nitrogen functional groups attached to an aromatic ring is 1. The van der Waals surface area contributed by atoms with E-state index in [1.807, 2.05) is 18.2 Å². The summed E-state index contributed by atoms with van der Waals surface area (Å²) in [5.41, 5.74) is 6.60. The lowest BCUT2D eigenvalue weighted by molar-refractivity contribution is -0.113. The number of carbonyl (C=O) groups excluding carboxylic acids is 1. The standard InChI is InChI=1S/C14H12BrFN2OS/c15-12-3-1-2-4-13(12)18-14(19)8-20-11-6-9(16)5-10(17)7-11/h1-7H,8,17H2,(H,18,19). The minimum Gasteiger partial charge on any atom is -0.399 e. The molecule has 0 saturated heterocycles. The molecule has 0 unspecified atom stereocenters. The van der Waals surface area contributed by atoms with Crippen LogP contribution in [0.25, 0.3) is 0 Å². The van der Waals surface area contributed by atoms with Crippen molar-refractivity contribution in [2.45, 2.75) is 4.90 Å². The minimum atomic E-state index is -0.404. The van der Waals surface area contributed by atoms with Gasteiger partial charge in [0.25, 0.3) is 0 Å². The van der Waals surface area contributed by atoms with E-state index in [1.165, 1.54) is 23.9 Å². The topological polar surface area (TPSA) is 55.1 Å². The maximum absolute atomic E-state index is 13.2. The average molecular weight is 355 g/mol. The highest BCUT2D eigenvalue weighted by Gasteiger charge is 2.07. The van der Waals surface area contributed by atoms with Crippen LogP contribution in [0.5, 0.6) is 0 Å². The predicted octanol–water partition coefficient (Wildman–Crippen LogP) is 3.90. The SMILES string of the molecule is Nc1cc(F)cc(SCC(=O)Nc2ccccc2Br)c1. The molecule has 0 aliphatic carbocycles. The van der Waals surface area contributed by atoms with Crippen molar-refractivity contribution in [2.24, 2.45) is 0 Å². The zero-order valence-corrected chi connectivity index (χ0v) is 12.8. The number of carbonyl (C=O) groups is 1. The maximum atomic E-state index is 13.2. The Morgan fingerprint density at radius 2 is 2.05 bits per heavy atom. The van der Waals surface area contributed by atoms with Crippen molar-refractivity contribution in [1.82, 2.24) is 0 Å². The van der Waals surface area contributed by atoms with Crippen molar-refractivity contribution in [1.29, 1.82) is 0 Å². The lowest BCUT2D eigenvalue weighted by atomic mass is 10.3. The quantitative estimate of drug-likeness (QED) is 0.646. The first kappa shape index (κ1) is 14.9. The van der Waals surface area contributed by atoms with E-state index in [9.17, 15) is 9.18 Å². The van der Waals surface area contributed by atoms with Gasteiger partial charge < -0.3 is 11.1 Å². The Hall–Kier alpha value is -1.53. The fraction of sp³-hybridized carbons (Fsp3) is 0.0714. The van der Waals surface area contributed by atoms with Crippen molar-refractivity contribution < 1.29 is 9.18 Å². The van der Waals surface area contributed by atoms with E-state index < -0.39 is 5.82 Å². The van der Waals surface area contributed by atoms with Gasteiger partial charge in [0.2, 0.25) is 5.91 Å². The molecule has 0 fully saturated rings. The van der Waals surface area contributed by atoms with Crippen molar-refractivity contribution in [3.8, 4) is 0 Å². The third-order valence-corrected chi connectivity index (χ3v) is 4.08. The third-order valence-electron chi connectivity index (χ3n) is 2.41. The molecule has 2 aromatic carbocycles. The van der Waals surface area contributed by atoms with Crippen LogP contribution in [0.1, 0.15) is 0 Å². The number of hydrogen-bond donors (Lipinski definition) is 2. The highest BCUT2D eigenvalue weighted by atomic mass is 79.9. The Labute approximate surface area is 128 Å². The van der Waals surface area contributed by atoms with Crippen molar-refractivity contribution in [3.63, 3.8) is 0 Å².